The van der Waals surface area contributed by atoms with Gasteiger partial charge in [0.25, 0.3) is 5.91 Å². The molecule has 1 amide bonds. The quantitative estimate of drug-likeness (QED) is 0.216. The van der Waals surface area contributed by atoms with Crippen molar-refractivity contribution in [3.63, 3.8) is 0 Å². The van der Waals surface area contributed by atoms with Crippen LogP contribution in [0.25, 0.3) is 0 Å². The summed E-state index contributed by atoms with van der Waals surface area (Å²) in [5, 5.41) is 1.39. The van der Waals surface area contributed by atoms with E-state index in [9.17, 15) is 35.9 Å². The normalized spacial score (nSPS) is 17.2. The Bertz CT molecular complexity index is 1810. The minimum absolute atomic E-state index is 0.0216. The molecule has 234 valence electrons. The second-order valence-electron chi connectivity index (χ2n) is 10.7. The predicted octanol–water partition coefficient (Wildman–Crippen LogP) is 7.14. The zero-order chi connectivity index (χ0) is 32.1. The van der Waals surface area contributed by atoms with Gasteiger partial charge < -0.3 is 9.64 Å². The molecule has 2 atom stereocenters. The van der Waals surface area contributed by atoms with Crippen LogP contribution >= 0.6 is 11.8 Å². The minimum Gasteiger partial charge on any atom is -0.482 e. The molecule has 0 bridgehead atoms. The van der Waals surface area contributed by atoms with Crippen LogP contribution in [0.5, 0.6) is 5.75 Å². The number of rotatable bonds is 5. The summed E-state index contributed by atoms with van der Waals surface area (Å²) < 4.78 is 92.4. The molecule has 4 aromatic rings. The molecule has 0 N–H and O–H groups in total. The highest BCUT2D eigenvalue weighted by Crippen LogP contribution is 2.46. The first-order valence-corrected chi connectivity index (χ1v) is 14.8. The van der Waals surface area contributed by atoms with E-state index in [0.717, 1.165) is 19.1 Å². The monoisotopic (exact) mass is 645 g/mol. The Morgan fingerprint density at radius 3 is 2.29 bits per heavy atom. The number of nitrogens with zero attached hydrogens (tertiary/aromatic N) is 3. The molecule has 0 spiro atoms. The molecular weight excluding hydrogens is 620 g/mol. The van der Waals surface area contributed by atoms with Gasteiger partial charge in [0.2, 0.25) is 5.43 Å². The molecule has 0 saturated carbocycles. The summed E-state index contributed by atoms with van der Waals surface area (Å²) >= 11 is 1.18. The van der Waals surface area contributed by atoms with Gasteiger partial charge in [-0.15, -0.1) is 11.8 Å². The summed E-state index contributed by atoms with van der Waals surface area (Å²) in [4.78, 5) is 28.2. The van der Waals surface area contributed by atoms with E-state index in [0.29, 0.717) is 20.9 Å². The van der Waals surface area contributed by atoms with Gasteiger partial charge in [-0.25, -0.2) is 0 Å². The van der Waals surface area contributed by atoms with Gasteiger partial charge in [0.15, 0.2) is 11.4 Å². The lowest BCUT2D eigenvalue weighted by molar-refractivity contribution is -0.173. The molecule has 2 aliphatic rings. The van der Waals surface area contributed by atoms with Gasteiger partial charge in [0.05, 0.1) is 11.6 Å². The third-order valence-corrected chi connectivity index (χ3v) is 9.05. The van der Waals surface area contributed by atoms with Gasteiger partial charge in [-0.1, -0.05) is 60.7 Å². The number of alkyl halides is 6. The molecule has 0 radical (unpaired) electrons. The Hall–Kier alpha value is -4.39. The maximum absolute atomic E-state index is 14.3. The van der Waals surface area contributed by atoms with E-state index in [2.05, 4.69) is 0 Å². The van der Waals surface area contributed by atoms with Crippen LogP contribution in [0.1, 0.15) is 51.3 Å². The molecule has 13 heteroatoms. The lowest BCUT2D eigenvalue weighted by Gasteiger charge is -2.46. The van der Waals surface area contributed by atoms with Crippen molar-refractivity contribution in [1.29, 1.82) is 0 Å². The molecule has 0 fully saturated rings. The second-order valence-corrected chi connectivity index (χ2v) is 11.7. The summed E-state index contributed by atoms with van der Waals surface area (Å²) in [5.74, 6) is -1.61. The molecule has 6 nitrogen and oxygen atoms in total. The Kier molecular flexibility index (Phi) is 7.84. The van der Waals surface area contributed by atoms with Crippen molar-refractivity contribution in [3.05, 3.63) is 129 Å². The molecule has 6 rings (SSSR count). The molecule has 2 aliphatic heterocycles. The number of hydrogen-bond acceptors (Lipinski definition) is 5. The third-order valence-electron chi connectivity index (χ3n) is 7.94. The second kappa shape index (κ2) is 11.5. The van der Waals surface area contributed by atoms with E-state index in [-0.39, 0.29) is 23.5 Å². The molecule has 45 heavy (non-hydrogen) atoms. The molecule has 3 aromatic carbocycles. The molecule has 1 aromatic heterocycles. The number of benzene rings is 3. The van der Waals surface area contributed by atoms with Crippen molar-refractivity contribution in [2.75, 3.05) is 11.7 Å². The number of carbonyl (C=O) groups excluding carboxylic acids is 1. The molecule has 0 unspecified atom stereocenters. The Morgan fingerprint density at radius 2 is 1.58 bits per heavy atom. The first-order chi connectivity index (χ1) is 21.4. The maximum atomic E-state index is 14.3. The number of hydrogen-bond donors (Lipinski definition) is 0. The van der Waals surface area contributed by atoms with Gasteiger partial charge in [-0.2, -0.15) is 26.3 Å². The highest BCUT2D eigenvalue weighted by Gasteiger charge is 2.48. The first-order valence-electron chi connectivity index (χ1n) is 13.8. The highest BCUT2D eigenvalue weighted by atomic mass is 32.2. The predicted molar refractivity (Wildman–Crippen MR) is 156 cm³/mol. The number of pyridine rings is 1. The van der Waals surface area contributed by atoms with Crippen molar-refractivity contribution >= 4 is 17.7 Å². The Balaban J connectivity index is 1.59. The standard InChI is InChI=1S/C32H25F6N3O3S/c1-19(31(33,34)35)39-18-41(40-15-14-25(42)29(28(40)30(39)43)44-16-20-8-3-2-4-9-20)27-21-11-7-12-24(32(36,37)38)23(21)17-45-26-13-6-5-10-22(26)27/h2-15,19,27H,16-18H2,1H3/t19-,27+/m1/s1. The van der Waals surface area contributed by atoms with Gasteiger partial charge in [0.1, 0.15) is 19.3 Å². The number of aromatic nitrogens is 1. The smallest absolute Gasteiger partial charge is 0.416 e. The fourth-order valence-electron chi connectivity index (χ4n) is 5.66. The van der Waals surface area contributed by atoms with Crippen molar-refractivity contribution in [2.45, 2.75) is 48.6 Å². The summed E-state index contributed by atoms with van der Waals surface area (Å²) in [7, 11) is 0. The lowest BCUT2D eigenvalue weighted by Crippen LogP contribution is -2.60. The van der Waals surface area contributed by atoms with Gasteiger partial charge >= 0.3 is 12.4 Å². The van der Waals surface area contributed by atoms with Crippen LogP contribution in [-0.2, 0) is 18.5 Å². The van der Waals surface area contributed by atoms with Crippen molar-refractivity contribution in [1.82, 2.24) is 9.58 Å². The average Bonchev–Trinajstić information content (AvgIpc) is 3.17. The van der Waals surface area contributed by atoms with E-state index >= 15 is 0 Å². The summed E-state index contributed by atoms with van der Waals surface area (Å²) in [6, 6.07) is 17.0. The summed E-state index contributed by atoms with van der Waals surface area (Å²) in [5.41, 5.74) is -0.674. The van der Waals surface area contributed by atoms with E-state index in [1.807, 2.05) is 0 Å². The summed E-state index contributed by atoms with van der Waals surface area (Å²) in [6.45, 7) is 0.0205. The molecule has 3 heterocycles. The molecular formula is C32H25F6N3O3S. The number of halogens is 6. The zero-order valence-electron chi connectivity index (χ0n) is 23.6. The van der Waals surface area contributed by atoms with E-state index in [1.54, 1.807) is 54.6 Å². The van der Waals surface area contributed by atoms with Crippen molar-refractivity contribution in [2.24, 2.45) is 0 Å². The van der Waals surface area contributed by atoms with Crippen LogP contribution in [-0.4, -0.2) is 34.4 Å². The van der Waals surface area contributed by atoms with Crippen molar-refractivity contribution in [3.8, 4) is 5.75 Å². The minimum atomic E-state index is -4.85. The Morgan fingerprint density at radius 1 is 0.889 bits per heavy atom. The van der Waals surface area contributed by atoms with Crippen LogP contribution in [0, 0.1) is 0 Å². The van der Waals surface area contributed by atoms with Crippen molar-refractivity contribution < 1.29 is 35.9 Å². The van der Waals surface area contributed by atoms with Crippen LogP contribution < -0.4 is 15.2 Å². The number of fused-ring (bicyclic) bond motifs is 3. The van der Waals surface area contributed by atoms with Crippen LogP contribution in [0.3, 0.4) is 0 Å². The largest absolute Gasteiger partial charge is 0.482 e. The third kappa shape index (κ3) is 5.65. The van der Waals surface area contributed by atoms with Gasteiger partial charge in [-0.3, -0.25) is 19.3 Å². The lowest BCUT2D eigenvalue weighted by atomic mass is 9.91. The Labute approximate surface area is 257 Å². The SMILES string of the molecule is C[C@@H](N1CN([C@@H]2c3ccccc3SCc3c2cccc3C(F)(F)F)n2ccc(=O)c(OCc3ccccc3)c2C1=O)C(F)(F)F. The fraction of sp³-hybridized carbons (Fsp3) is 0.250. The van der Waals surface area contributed by atoms with Crippen LogP contribution in [0.4, 0.5) is 26.3 Å². The number of amides is 1. The van der Waals surface area contributed by atoms with Crippen LogP contribution in [0.2, 0.25) is 0 Å². The van der Waals surface area contributed by atoms with E-state index in [4.69, 9.17) is 4.74 Å². The number of carbonyl (C=O) groups is 1. The average molecular weight is 646 g/mol. The van der Waals surface area contributed by atoms with E-state index in [1.165, 1.54) is 39.8 Å². The number of ether oxygens (including phenoxy) is 1. The topological polar surface area (TPSA) is 54.8 Å². The molecule has 0 aliphatic carbocycles. The van der Waals surface area contributed by atoms with E-state index < -0.39 is 59.4 Å². The molecule has 0 saturated heterocycles. The maximum Gasteiger partial charge on any atom is 0.416 e. The first kappa shape index (κ1) is 30.6. The van der Waals surface area contributed by atoms with Gasteiger partial charge in [0, 0.05) is 22.9 Å². The van der Waals surface area contributed by atoms with Crippen LogP contribution in [0.15, 0.2) is 94.7 Å². The number of thioether (sulfide) groups is 1. The summed E-state index contributed by atoms with van der Waals surface area (Å²) in [6.07, 6.45) is -8.29. The zero-order valence-corrected chi connectivity index (χ0v) is 24.4. The van der Waals surface area contributed by atoms with Gasteiger partial charge in [-0.05, 0) is 41.3 Å². The highest BCUT2D eigenvalue weighted by molar-refractivity contribution is 7.98. The fourth-order valence-corrected chi connectivity index (χ4v) is 6.80.